The van der Waals surface area contributed by atoms with Crippen molar-refractivity contribution >= 4 is 28.4 Å². The molecule has 0 atom stereocenters. The van der Waals surface area contributed by atoms with E-state index < -0.39 is 0 Å². The molecule has 1 amide bonds. The van der Waals surface area contributed by atoms with E-state index in [0.717, 1.165) is 48.2 Å². The fourth-order valence-corrected chi connectivity index (χ4v) is 3.74. The molecule has 4 rings (SSSR count). The van der Waals surface area contributed by atoms with Gasteiger partial charge in [0.15, 0.2) is 5.76 Å². The van der Waals surface area contributed by atoms with Crippen LogP contribution in [0.2, 0.25) is 5.02 Å². The summed E-state index contributed by atoms with van der Waals surface area (Å²) in [5.74, 6) is 0.945. The van der Waals surface area contributed by atoms with Gasteiger partial charge in [0, 0.05) is 33.6 Å². The number of fused-ring (bicyclic) bond motifs is 1. The Hall–Kier alpha value is -2.31. The molecule has 1 aliphatic rings. The molecule has 26 heavy (non-hydrogen) atoms. The van der Waals surface area contributed by atoms with Crippen molar-refractivity contribution in [2.24, 2.45) is 0 Å². The number of nitrogens with one attached hydrogen (secondary N) is 3. The summed E-state index contributed by atoms with van der Waals surface area (Å²) in [6, 6.07) is 7.44. The molecule has 0 saturated carbocycles. The normalized spacial score (nSPS) is 15.5. The third-order valence-corrected chi connectivity index (χ3v) is 5.17. The van der Waals surface area contributed by atoms with E-state index in [4.69, 9.17) is 16.1 Å². The van der Waals surface area contributed by atoms with Crippen molar-refractivity contribution in [2.45, 2.75) is 32.2 Å². The van der Waals surface area contributed by atoms with Gasteiger partial charge < -0.3 is 20.1 Å². The van der Waals surface area contributed by atoms with Gasteiger partial charge in [-0.05, 0) is 51.1 Å². The molecule has 3 heterocycles. The number of carbonyl (C=O) groups is 1. The van der Waals surface area contributed by atoms with Gasteiger partial charge in [0.05, 0.1) is 17.8 Å². The quantitative estimate of drug-likeness (QED) is 0.654. The number of halogens is 1. The summed E-state index contributed by atoms with van der Waals surface area (Å²) in [6.45, 7) is 4.20. The second-order valence-electron chi connectivity index (χ2n) is 6.74. The Morgan fingerprint density at radius 3 is 2.96 bits per heavy atom. The lowest BCUT2D eigenvalue weighted by Crippen LogP contribution is -2.26. The maximum absolute atomic E-state index is 12.7. The Balaban J connectivity index is 1.47. The van der Waals surface area contributed by atoms with E-state index in [2.05, 4.69) is 20.8 Å². The zero-order chi connectivity index (χ0) is 18.1. The fourth-order valence-electron chi connectivity index (χ4n) is 3.57. The van der Waals surface area contributed by atoms with Gasteiger partial charge in [-0.2, -0.15) is 0 Å². The second-order valence-corrected chi connectivity index (χ2v) is 7.18. The Morgan fingerprint density at radius 2 is 2.15 bits per heavy atom. The van der Waals surface area contributed by atoms with Crippen LogP contribution in [-0.2, 0) is 6.54 Å². The molecule has 2 aromatic heterocycles. The molecule has 1 aromatic carbocycles. The predicted molar refractivity (Wildman–Crippen MR) is 101 cm³/mol. The molecule has 3 aromatic rings. The van der Waals surface area contributed by atoms with Crippen molar-refractivity contribution in [1.82, 2.24) is 20.8 Å². The lowest BCUT2D eigenvalue weighted by atomic mass is 9.95. The Bertz CT molecular complexity index is 940. The van der Waals surface area contributed by atoms with Crippen LogP contribution in [0.1, 0.15) is 46.3 Å². The highest BCUT2D eigenvalue weighted by Crippen LogP contribution is 2.26. The number of hydrogen-bond donors (Lipinski definition) is 3. The maximum atomic E-state index is 12.7. The monoisotopic (exact) mass is 372 g/mol. The zero-order valence-electron chi connectivity index (χ0n) is 14.6. The SMILES string of the molecule is Cc1[nH]c2ccc(Cl)cc2c1C(=O)NCc1cc(C2CCNCC2)no1. The molecule has 0 bridgehead atoms. The van der Waals surface area contributed by atoms with Gasteiger partial charge >= 0.3 is 0 Å². The Labute approximate surface area is 156 Å². The lowest BCUT2D eigenvalue weighted by molar-refractivity contribution is 0.0948. The number of H-pyrrole nitrogens is 1. The minimum absolute atomic E-state index is 0.157. The number of benzene rings is 1. The molecule has 1 fully saturated rings. The van der Waals surface area contributed by atoms with Gasteiger partial charge in [0.25, 0.3) is 5.91 Å². The number of nitrogens with zero attached hydrogens (tertiary/aromatic N) is 1. The van der Waals surface area contributed by atoms with Crippen molar-refractivity contribution in [3.8, 4) is 0 Å². The molecular weight excluding hydrogens is 352 g/mol. The number of hydrogen-bond acceptors (Lipinski definition) is 4. The third-order valence-electron chi connectivity index (χ3n) is 4.93. The number of piperidine rings is 1. The third kappa shape index (κ3) is 3.34. The molecule has 7 heteroatoms. The van der Waals surface area contributed by atoms with Crippen LogP contribution in [0, 0.1) is 6.92 Å². The topological polar surface area (TPSA) is 83.0 Å². The predicted octanol–water partition coefficient (Wildman–Crippen LogP) is 3.51. The van der Waals surface area contributed by atoms with E-state index in [1.54, 1.807) is 12.1 Å². The van der Waals surface area contributed by atoms with Crippen molar-refractivity contribution in [1.29, 1.82) is 0 Å². The summed E-state index contributed by atoms with van der Waals surface area (Å²) in [5, 5.41) is 11.9. The highest BCUT2D eigenvalue weighted by molar-refractivity contribution is 6.31. The number of rotatable bonds is 4. The van der Waals surface area contributed by atoms with Crippen LogP contribution < -0.4 is 10.6 Å². The van der Waals surface area contributed by atoms with Crippen LogP contribution in [0.5, 0.6) is 0 Å². The van der Waals surface area contributed by atoms with E-state index in [0.29, 0.717) is 28.8 Å². The van der Waals surface area contributed by atoms with Gasteiger partial charge in [-0.3, -0.25) is 4.79 Å². The number of amides is 1. The maximum Gasteiger partial charge on any atom is 0.254 e. The van der Waals surface area contributed by atoms with Crippen LogP contribution in [0.15, 0.2) is 28.8 Å². The Kier molecular flexibility index (Phi) is 4.70. The van der Waals surface area contributed by atoms with E-state index in [1.165, 1.54) is 0 Å². The molecule has 3 N–H and O–H groups in total. The summed E-state index contributed by atoms with van der Waals surface area (Å²) in [4.78, 5) is 15.9. The molecule has 0 aliphatic carbocycles. The molecule has 1 aliphatic heterocycles. The Morgan fingerprint density at radius 1 is 1.35 bits per heavy atom. The standard InChI is InChI=1S/C19H21ClN4O2/c1-11-18(15-8-13(20)2-3-16(15)23-11)19(25)22-10-14-9-17(24-26-14)12-4-6-21-7-5-12/h2-3,8-9,12,21,23H,4-7,10H2,1H3,(H,22,25). The first-order chi connectivity index (χ1) is 12.6. The van der Waals surface area contributed by atoms with E-state index in [-0.39, 0.29) is 5.91 Å². The average Bonchev–Trinajstić information content (AvgIpc) is 3.24. The summed E-state index contributed by atoms with van der Waals surface area (Å²) in [6.07, 6.45) is 2.13. The van der Waals surface area contributed by atoms with Crippen molar-refractivity contribution in [2.75, 3.05) is 13.1 Å². The van der Waals surface area contributed by atoms with Crippen molar-refractivity contribution in [3.05, 3.63) is 52.0 Å². The van der Waals surface area contributed by atoms with Gasteiger partial charge in [0.2, 0.25) is 0 Å². The van der Waals surface area contributed by atoms with Crippen LogP contribution in [0.25, 0.3) is 10.9 Å². The molecule has 0 spiro atoms. The number of aromatic nitrogens is 2. The van der Waals surface area contributed by atoms with Crippen LogP contribution in [-0.4, -0.2) is 29.1 Å². The van der Waals surface area contributed by atoms with Crippen molar-refractivity contribution in [3.63, 3.8) is 0 Å². The molecule has 136 valence electrons. The minimum Gasteiger partial charge on any atom is -0.359 e. The summed E-state index contributed by atoms with van der Waals surface area (Å²) in [5.41, 5.74) is 3.30. The summed E-state index contributed by atoms with van der Waals surface area (Å²) in [7, 11) is 0. The van der Waals surface area contributed by atoms with Crippen LogP contribution in [0.3, 0.4) is 0 Å². The largest absolute Gasteiger partial charge is 0.359 e. The smallest absolute Gasteiger partial charge is 0.254 e. The zero-order valence-corrected chi connectivity index (χ0v) is 15.3. The highest BCUT2D eigenvalue weighted by atomic mass is 35.5. The van der Waals surface area contributed by atoms with Crippen LogP contribution in [0.4, 0.5) is 0 Å². The van der Waals surface area contributed by atoms with Gasteiger partial charge in [0.1, 0.15) is 0 Å². The highest BCUT2D eigenvalue weighted by Gasteiger charge is 2.20. The van der Waals surface area contributed by atoms with Gasteiger partial charge in [-0.25, -0.2) is 0 Å². The van der Waals surface area contributed by atoms with Crippen LogP contribution >= 0.6 is 11.6 Å². The first kappa shape index (κ1) is 17.1. The molecular formula is C19H21ClN4O2. The first-order valence-electron chi connectivity index (χ1n) is 8.84. The lowest BCUT2D eigenvalue weighted by Gasteiger charge is -2.19. The van der Waals surface area contributed by atoms with Crippen molar-refractivity contribution < 1.29 is 9.32 Å². The van der Waals surface area contributed by atoms with Gasteiger partial charge in [-0.15, -0.1) is 0 Å². The summed E-state index contributed by atoms with van der Waals surface area (Å²) >= 11 is 6.08. The molecule has 0 radical (unpaired) electrons. The number of carbonyl (C=O) groups excluding carboxylic acids is 1. The molecule has 0 unspecified atom stereocenters. The second kappa shape index (κ2) is 7.13. The average molecular weight is 373 g/mol. The molecule has 1 saturated heterocycles. The van der Waals surface area contributed by atoms with E-state index >= 15 is 0 Å². The first-order valence-corrected chi connectivity index (χ1v) is 9.22. The number of aromatic amines is 1. The van der Waals surface area contributed by atoms with E-state index in [1.807, 2.05) is 19.1 Å². The molecule has 6 nitrogen and oxygen atoms in total. The summed E-state index contributed by atoms with van der Waals surface area (Å²) < 4.78 is 5.41. The number of aryl methyl sites for hydroxylation is 1. The minimum atomic E-state index is -0.157. The van der Waals surface area contributed by atoms with E-state index in [9.17, 15) is 4.79 Å². The van der Waals surface area contributed by atoms with Gasteiger partial charge in [-0.1, -0.05) is 16.8 Å². The fraction of sp³-hybridized carbons (Fsp3) is 0.368.